The Kier molecular flexibility index (Phi) is 35.5. The highest BCUT2D eigenvalue weighted by Crippen LogP contribution is 2.18. The van der Waals surface area contributed by atoms with Crippen LogP contribution in [0.1, 0.15) is 188 Å². The van der Waals surface area contributed by atoms with Crippen LogP contribution in [0.5, 0.6) is 0 Å². The summed E-state index contributed by atoms with van der Waals surface area (Å²) in [5, 5.41) is 0. The summed E-state index contributed by atoms with van der Waals surface area (Å²) in [6.45, 7) is 6.69. The van der Waals surface area contributed by atoms with E-state index in [2.05, 4.69) is 88.4 Å². The van der Waals surface area contributed by atoms with E-state index in [1.54, 1.807) is 6.08 Å². The van der Waals surface area contributed by atoms with Crippen LogP contribution in [0.4, 0.5) is 0 Å². The van der Waals surface area contributed by atoms with E-state index in [-0.39, 0.29) is 12.1 Å². The summed E-state index contributed by atoms with van der Waals surface area (Å²) in [4.78, 5) is 14.8. The third-order valence-corrected chi connectivity index (χ3v) is 9.13. The number of unbranched alkanes of at least 4 members (excludes halogenated alkanes) is 18. The fourth-order valence-corrected chi connectivity index (χ4v) is 5.60. The largest absolute Gasteiger partial charge is 0.459 e. The van der Waals surface area contributed by atoms with Crippen LogP contribution in [0.3, 0.4) is 0 Å². The van der Waals surface area contributed by atoms with E-state index in [1.165, 1.54) is 128 Å². The second-order valence-corrected chi connectivity index (χ2v) is 13.9. The van der Waals surface area contributed by atoms with Crippen LogP contribution in [-0.2, 0) is 9.53 Å². The lowest BCUT2D eigenvalue weighted by molar-refractivity contribution is -0.143. The van der Waals surface area contributed by atoms with Crippen molar-refractivity contribution >= 4 is 5.97 Å². The molecule has 0 N–H and O–H groups in total. The number of ether oxygens (including phenoxy) is 1. The second kappa shape index (κ2) is 37.0. The Labute approximate surface area is 294 Å². The Bertz CT molecular complexity index is 806. The van der Waals surface area contributed by atoms with E-state index >= 15 is 0 Å². The van der Waals surface area contributed by atoms with Gasteiger partial charge in [0.25, 0.3) is 0 Å². The van der Waals surface area contributed by atoms with Crippen molar-refractivity contribution in [3.63, 3.8) is 0 Å². The Morgan fingerprint density at radius 2 is 0.979 bits per heavy atom. The predicted octanol–water partition coefficient (Wildman–Crippen LogP) is 13.8. The standard InChI is InChI=1S/C44H79NO2/c1-6-8-10-12-14-16-18-20-22-24-26-28-30-32-34-36-40-43(47-44(46)41-37-38-42(3)45(4)5)39-35-33-31-29-27-25-23-21-19-17-15-13-11-9-7-2/h14-17,19-22,37,41-43H,6-13,18,23-36,38-40H2,1-5H3/b16-14-,17-15+,21-19-,22-20-,41-37+. The van der Waals surface area contributed by atoms with Gasteiger partial charge < -0.3 is 9.64 Å². The monoisotopic (exact) mass is 654 g/mol. The van der Waals surface area contributed by atoms with E-state index in [4.69, 9.17) is 4.74 Å². The molecule has 0 aromatic carbocycles. The molecular formula is C44H79NO2. The van der Waals surface area contributed by atoms with E-state index in [1.807, 2.05) is 6.08 Å². The second-order valence-electron chi connectivity index (χ2n) is 13.9. The Morgan fingerprint density at radius 3 is 1.45 bits per heavy atom. The molecule has 0 aliphatic carbocycles. The highest BCUT2D eigenvalue weighted by atomic mass is 16.5. The average Bonchev–Trinajstić information content (AvgIpc) is 3.06. The van der Waals surface area contributed by atoms with Crippen LogP contribution in [0, 0.1) is 0 Å². The molecule has 0 aromatic rings. The van der Waals surface area contributed by atoms with Gasteiger partial charge in [0.2, 0.25) is 0 Å². The first-order chi connectivity index (χ1) is 23.0. The van der Waals surface area contributed by atoms with Crippen molar-refractivity contribution in [1.29, 1.82) is 0 Å². The molecule has 0 aromatic heterocycles. The molecule has 3 heteroatoms. The minimum atomic E-state index is -0.162. The highest BCUT2D eigenvalue weighted by molar-refractivity contribution is 5.82. The van der Waals surface area contributed by atoms with Crippen molar-refractivity contribution in [2.24, 2.45) is 0 Å². The van der Waals surface area contributed by atoms with Gasteiger partial charge in [-0.25, -0.2) is 4.79 Å². The third kappa shape index (κ3) is 35.3. The summed E-state index contributed by atoms with van der Waals surface area (Å²) < 4.78 is 5.97. The van der Waals surface area contributed by atoms with Crippen molar-refractivity contribution in [2.45, 2.75) is 200 Å². The lowest BCUT2D eigenvalue weighted by Crippen LogP contribution is -2.23. The quantitative estimate of drug-likeness (QED) is 0.0227. The van der Waals surface area contributed by atoms with Crippen LogP contribution >= 0.6 is 0 Å². The molecule has 0 rings (SSSR count). The first-order valence-electron chi connectivity index (χ1n) is 20.2. The number of hydrogen-bond donors (Lipinski definition) is 0. The topological polar surface area (TPSA) is 29.5 Å². The maximum Gasteiger partial charge on any atom is 0.330 e. The van der Waals surface area contributed by atoms with Gasteiger partial charge in [-0.3, -0.25) is 0 Å². The SMILES string of the molecule is CCCCC/C=C\C/C=C\CCCCCCCCC(CCCCCCCC/C=C\C=C\CCCCC)OC(=O)/C=C/CC(C)N(C)C. The first-order valence-corrected chi connectivity index (χ1v) is 20.2. The molecule has 0 aliphatic rings. The number of esters is 1. The molecule has 0 aliphatic heterocycles. The Morgan fingerprint density at radius 1 is 0.553 bits per heavy atom. The van der Waals surface area contributed by atoms with Gasteiger partial charge in [0.05, 0.1) is 0 Å². The molecular weight excluding hydrogens is 574 g/mol. The van der Waals surface area contributed by atoms with Crippen LogP contribution in [0.15, 0.2) is 60.8 Å². The molecule has 2 unspecified atom stereocenters. The molecule has 0 heterocycles. The molecule has 0 amide bonds. The summed E-state index contributed by atoms with van der Waals surface area (Å²) >= 11 is 0. The molecule has 0 saturated heterocycles. The van der Waals surface area contributed by atoms with Gasteiger partial charge >= 0.3 is 5.97 Å². The maximum atomic E-state index is 12.6. The van der Waals surface area contributed by atoms with Crippen LogP contribution in [0.25, 0.3) is 0 Å². The van der Waals surface area contributed by atoms with Crippen LogP contribution in [-0.4, -0.2) is 37.1 Å². The van der Waals surface area contributed by atoms with E-state index in [0.29, 0.717) is 6.04 Å². The van der Waals surface area contributed by atoms with Gasteiger partial charge in [-0.2, -0.15) is 0 Å². The summed E-state index contributed by atoms with van der Waals surface area (Å²) in [5.74, 6) is -0.162. The molecule has 2 atom stereocenters. The fourth-order valence-electron chi connectivity index (χ4n) is 5.60. The van der Waals surface area contributed by atoms with Crippen molar-refractivity contribution < 1.29 is 9.53 Å². The van der Waals surface area contributed by atoms with Crippen LogP contribution in [0.2, 0.25) is 0 Å². The number of carbonyl (C=O) groups is 1. The van der Waals surface area contributed by atoms with E-state index in [0.717, 1.165) is 38.5 Å². The summed E-state index contributed by atoms with van der Waals surface area (Å²) in [6, 6.07) is 0.418. The summed E-state index contributed by atoms with van der Waals surface area (Å²) in [7, 11) is 4.15. The van der Waals surface area contributed by atoms with Gasteiger partial charge in [0.15, 0.2) is 0 Å². The van der Waals surface area contributed by atoms with Crippen molar-refractivity contribution in [2.75, 3.05) is 14.1 Å². The number of rotatable bonds is 34. The number of hydrogen-bond acceptors (Lipinski definition) is 3. The fraction of sp³-hybridized carbons (Fsp3) is 0.750. The van der Waals surface area contributed by atoms with Gasteiger partial charge in [-0.15, -0.1) is 0 Å². The zero-order chi connectivity index (χ0) is 34.5. The number of carbonyl (C=O) groups excluding carboxylic acids is 1. The van der Waals surface area contributed by atoms with Crippen molar-refractivity contribution in [3.8, 4) is 0 Å². The lowest BCUT2D eigenvalue weighted by atomic mass is 10.0. The molecule has 0 radical (unpaired) electrons. The molecule has 0 saturated carbocycles. The summed E-state index contributed by atoms with van der Waals surface area (Å²) in [6.07, 6.45) is 54.0. The number of allylic oxidation sites excluding steroid dienone is 8. The Balaban J connectivity index is 4.19. The zero-order valence-corrected chi connectivity index (χ0v) is 32.1. The third-order valence-electron chi connectivity index (χ3n) is 9.13. The number of nitrogens with zero attached hydrogens (tertiary/aromatic N) is 1. The molecule has 0 bridgehead atoms. The lowest BCUT2D eigenvalue weighted by Gasteiger charge is -2.18. The molecule has 3 nitrogen and oxygen atoms in total. The molecule has 0 spiro atoms. The Hall–Kier alpha value is -1.87. The molecule has 0 fully saturated rings. The van der Waals surface area contributed by atoms with Gasteiger partial charge in [0, 0.05) is 12.1 Å². The summed E-state index contributed by atoms with van der Waals surface area (Å²) in [5.41, 5.74) is 0. The normalized spacial score (nSPS) is 13.8. The van der Waals surface area contributed by atoms with Crippen molar-refractivity contribution in [1.82, 2.24) is 4.90 Å². The van der Waals surface area contributed by atoms with Crippen molar-refractivity contribution in [3.05, 3.63) is 60.8 Å². The van der Waals surface area contributed by atoms with E-state index in [9.17, 15) is 4.79 Å². The van der Waals surface area contributed by atoms with Gasteiger partial charge in [0.1, 0.15) is 6.10 Å². The van der Waals surface area contributed by atoms with Crippen LogP contribution < -0.4 is 0 Å². The van der Waals surface area contributed by atoms with Gasteiger partial charge in [-0.1, -0.05) is 146 Å². The first kappa shape index (κ1) is 45.1. The minimum absolute atomic E-state index is 0.0596. The highest BCUT2D eigenvalue weighted by Gasteiger charge is 2.13. The smallest absolute Gasteiger partial charge is 0.330 e. The van der Waals surface area contributed by atoms with Gasteiger partial charge in [-0.05, 0) is 111 Å². The minimum Gasteiger partial charge on any atom is -0.459 e. The average molecular weight is 654 g/mol. The predicted molar refractivity (Wildman–Crippen MR) is 210 cm³/mol. The molecule has 47 heavy (non-hydrogen) atoms. The maximum absolute atomic E-state index is 12.6. The zero-order valence-electron chi connectivity index (χ0n) is 32.1. The van der Waals surface area contributed by atoms with E-state index < -0.39 is 0 Å². The molecule has 272 valence electrons.